The Balaban J connectivity index is 2.28. The molecule has 1 aromatic carbocycles. The number of hydrogen-bond donors (Lipinski definition) is 0. The molecule has 0 radical (unpaired) electrons. The van der Waals surface area contributed by atoms with Crippen molar-refractivity contribution in [3.05, 3.63) is 17.7 Å². The van der Waals surface area contributed by atoms with Crippen LogP contribution in [0.15, 0.2) is 12.1 Å². The summed E-state index contributed by atoms with van der Waals surface area (Å²) in [5.74, 6) is 2.75. The first kappa shape index (κ1) is 16.9. The zero-order chi connectivity index (χ0) is 16.1. The highest BCUT2D eigenvalue weighted by molar-refractivity contribution is 5.56. The molecule has 1 aliphatic heterocycles. The second-order valence-electron chi connectivity index (χ2n) is 5.67. The summed E-state index contributed by atoms with van der Waals surface area (Å²) in [7, 11) is 0. The fourth-order valence-electron chi connectivity index (χ4n) is 2.86. The van der Waals surface area contributed by atoms with Gasteiger partial charge in [-0.25, -0.2) is 0 Å². The number of benzene rings is 1. The summed E-state index contributed by atoms with van der Waals surface area (Å²) in [6, 6.07) is 4.07. The summed E-state index contributed by atoms with van der Waals surface area (Å²) >= 11 is 0. The van der Waals surface area contributed by atoms with Gasteiger partial charge in [-0.3, -0.25) is 0 Å². The average Bonchev–Trinajstić information content (AvgIpc) is 3.22. The van der Waals surface area contributed by atoms with Crippen LogP contribution >= 0.6 is 0 Å². The van der Waals surface area contributed by atoms with Crippen molar-refractivity contribution >= 4 is 0 Å². The lowest BCUT2D eigenvalue weighted by molar-refractivity contribution is 0.257. The lowest BCUT2D eigenvalue weighted by Gasteiger charge is -2.20. The number of ether oxygens (including phenoxy) is 4. The van der Waals surface area contributed by atoms with E-state index in [1.165, 1.54) is 0 Å². The van der Waals surface area contributed by atoms with Crippen LogP contribution in [-0.2, 0) is 11.2 Å². The largest absolute Gasteiger partial charge is 0.490 e. The van der Waals surface area contributed by atoms with Gasteiger partial charge in [-0.2, -0.15) is 0 Å². The quantitative estimate of drug-likeness (QED) is 0.650. The van der Waals surface area contributed by atoms with E-state index in [2.05, 4.69) is 19.9 Å². The van der Waals surface area contributed by atoms with Gasteiger partial charge in [-0.1, -0.05) is 13.0 Å². The third kappa shape index (κ3) is 3.86. The van der Waals surface area contributed by atoms with Crippen molar-refractivity contribution in [1.82, 2.24) is 0 Å². The first-order valence-corrected chi connectivity index (χ1v) is 8.31. The monoisotopic (exact) mass is 308 g/mol. The maximum absolute atomic E-state index is 5.89. The highest BCUT2D eigenvalue weighted by Crippen LogP contribution is 2.42. The predicted octanol–water partition coefficient (Wildman–Crippen LogP) is 3.85. The van der Waals surface area contributed by atoms with Gasteiger partial charge in [-0.15, -0.1) is 0 Å². The molecule has 0 amide bonds. The molecule has 1 aromatic rings. The van der Waals surface area contributed by atoms with Gasteiger partial charge in [0.2, 0.25) is 5.75 Å². The number of epoxide rings is 1. The van der Waals surface area contributed by atoms with E-state index in [0.29, 0.717) is 37.9 Å². The lowest BCUT2D eigenvalue weighted by Crippen LogP contribution is -2.11. The fraction of sp³-hybridized carbons (Fsp3) is 0.667. The predicted molar refractivity (Wildman–Crippen MR) is 87.2 cm³/mol. The molecule has 4 heteroatoms. The molecule has 4 nitrogen and oxygen atoms in total. The molecule has 0 N–H and O–H groups in total. The van der Waals surface area contributed by atoms with Crippen molar-refractivity contribution in [2.45, 2.75) is 53.2 Å². The highest BCUT2D eigenvalue weighted by atomic mass is 16.6. The summed E-state index contributed by atoms with van der Waals surface area (Å²) in [6.45, 7) is 12.1. The summed E-state index contributed by atoms with van der Waals surface area (Å²) < 4.78 is 23.0. The summed E-state index contributed by atoms with van der Waals surface area (Å²) in [4.78, 5) is 0. The van der Waals surface area contributed by atoms with E-state index in [1.807, 2.05) is 26.8 Å². The summed E-state index contributed by atoms with van der Waals surface area (Å²) in [5, 5.41) is 0. The van der Waals surface area contributed by atoms with Gasteiger partial charge in [0.05, 0.1) is 32.0 Å². The topological polar surface area (TPSA) is 40.2 Å². The average molecular weight is 308 g/mol. The normalized spacial score (nSPS) is 21.3. The van der Waals surface area contributed by atoms with Crippen LogP contribution in [-0.4, -0.2) is 32.0 Å². The molecule has 0 spiro atoms. The molecule has 1 fully saturated rings. The van der Waals surface area contributed by atoms with Crippen molar-refractivity contribution in [2.24, 2.45) is 5.92 Å². The van der Waals surface area contributed by atoms with Gasteiger partial charge in [0.25, 0.3) is 0 Å². The Bertz CT molecular complexity index is 486. The molecule has 0 saturated carbocycles. The van der Waals surface area contributed by atoms with Crippen molar-refractivity contribution in [1.29, 1.82) is 0 Å². The summed E-state index contributed by atoms with van der Waals surface area (Å²) in [6.07, 6.45) is 1.65. The van der Waals surface area contributed by atoms with Crippen LogP contribution in [0.4, 0.5) is 0 Å². The van der Waals surface area contributed by atoms with E-state index in [9.17, 15) is 0 Å². The summed E-state index contributed by atoms with van der Waals surface area (Å²) in [5.41, 5.74) is 1.16. The zero-order valence-electron chi connectivity index (χ0n) is 14.3. The van der Waals surface area contributed by atoms with Crippen LogP contribution in [0.3, 0.4) is 0 Å². The number of rotatable bonds is 9. The molecule has 22 heavy (non-hydrogen) atoms. The van der Waals surface area contributed by atoms with Gasteiger partial charge >= 0.3 is 0 Å². The maximum atomic E-state index is 5.89. The molecule has 1 aliphatic rings. The molecule has 1 saturated heterocycles. The van der Waals surface area contributed by atoms with Crippen LogP contribution in [0.1, 0.15) is 40.2 Å². The number of hydrogen-bond acceptors (Lipinski definition) is 4. The van der Waals surface area contributed by atoms with Gasteiger partial charge in [0.1, 0.15) is 0 Å². The van der Waals surface area contributed by atoms with Crippen molar-refractivity contribution in [2.75, 3.05) is 19.8 Å². The first-order valence-electron chi connectivity index (χ1n) is 8.31. The van der Waals surface area contributed by atoms with Crippen LogP contribution in [0.5, 0.6) is 17.2 Å². The molecule has 1 heterocycles. The minimum Gasteiger partial charge on any atom is -0.490 e. The van der Waals surface area contributed by atoms with Crippen LogP contribution in [0.25, 0.3) is 0 Å². The van der Waals surface area contributed by atoms with E-state index in [-0.39, 0.29) is 0 Å². The molecule has 124 valence electrons. The molecule has 3 unspecified atom stereocenters. The molecule has 3 atom stereocenters. The standard InChI is InChI=1S/C18H28O4/c1-6-19-15-10-9-14(11-12(4)16-13(5)22-16)17(20-7-2)18(15)21-8-3/h9-10,12-13,16H,6-8,11H2,1-5H3. The van der Waals surface area contributed by atoms with E-state index in [0.717, 1.165) is 29.2 Å². The Hall–Kier alpha value is -1.42. The second-order valence-corrected chi connectivity index (χ2v) is 5.67. The van der Waals surface area contributed by atoms with Gasteiger partial charge in [0.15, 0.2) is 11.5 Å². The van der Waals surface area contributed by atoms with Gasteiger partial charge in [0, 0.05) is 0 Å². The molecule has 0 bridgehead atoms. The van der Waals surface area contributed by atoms with Crippen LogP contribution in [0.2, 0.25) is 0 Å². The van der Waals surface area contributed by atoms with Crippen LogP contribution in [0, 0.1) is 5.92 Å². The van der Waals surface area contributed by atoms with E-state index in [4.69, 9.17) is 18.9 Å². The Kier molecular flexibility index (Phi) is 5.95. The SMILES string of the molecule is CCOc1ccc(CC(C)C2OC2C)c(OCC)c1OCC. The van der Waals surface area contributed by atoms with E-state index < -0.39 is 0 Å². The van der Waals surface area contributed by atoms with Crippen molar-refractivity contribution in [3.8, 4) is 17.2 Å². The first-order chi connectivity index (χ1) is 10.6. The van der Waals surface area contributed by atoms with Crippen molar-refractivity contribution < 1.29 is 18.9 Å². The fourth-order valence-corrected chi connectivity index (χ4v) is 2.86. The van der Waals surface area contributed by atoms with Gasteiger partial charge < -0.3 is 18.9 Å². The minimum atomic E-state index is 0.358. The molecule has 2 rings (SSSR count). The molecular weight excluding hydrogens is 280 g/mol. The Morgan fingerprint density at radius 3 is 2.14 bits per heavy atom. The Labute approximate surface area is 133 Å². The zero-order valence-corrected chi connectivity index (χ0v) is 14.3. The third-order valence-corrected chi connectivity index (χ3v) is 3.90. The highest BCUT2D eigenvalue weighted by Gasteiger charge is 2.39. The van der Waals surface area contributed by atoms with E-state index in [1.54, 1.807) is 0 Å². The van der Waals surface area contributed by atoms with Crippen LogP contribution < -0.4 is 14.2 Å². The second kappa shape index (κ2) is 7.73. The maximum Gasteiger partial charge on any atom is 0.203 e. The third-order valence-electron chi connectivity index (χ3n) is 3.90. The van der Waals surface area contributed by atoms with Crippen molar-refractivity contribution in [3.63, 3.8) is 0 Å². The van der Waals surface area contributed by atoms with E-state index >= 15 is 0 Å². The molecule has 0 aromatic heterocycles. The Morgan fingerprint density at radius 2 is 1.59 bits per heavy atom. The van der Waals surface area contributed by atoms with Gasteiger partial charge in [-0.05, 0) is 51.7 Å². The smallest absolute Gasteiger partial charge is 0.203 e. The lowest BCUT2D eigenvalue weighted by atomic mass is 9.95. The molecular formula is C18H28O4. The molecule has 0 aliphatic carbocycles. The minimum absolute atomic E-state index is 0.358. The Morgan fingerprint density at radius 1 is 1.00 bits per heavy atom.